The lowest BCUT2D eigenvalue weighted by Gasteiger charge is -2.37. The summed E-state index contributed by atoms with van der Waals surface area (Å²) in [6, 6.07) is 10.3. The van der Waals surface area contributed by atoms with Crippen LogP contribution in [-0.4, -0.2) is 34.5 Å². The van der Waals surface area contributed by atoms with Gasteiger partial charge in [0.15, 0.2) is 0 Å². The first kappa shape index (κ1) is 28.1. The molecule has 5 rings (SSSR count). The number of piperidine rings is 1. The maximum Gasteiger partial charge on any atom is 0.416 e. The minimum atomic E-state index is -4.99. The summed E-state index contributed by atoms with van der Waals surface area (Å²) in [7, 11) is 0. The Bertz CT molecular complexity index is 1330. The quantitative estimate of drug-likeness (QED) is 0.305. The van der Waals surface area contributed by atoms with Gasteiger partial charge in [-0.1, -0.05) is 12.1 Å². The van der Waals surface area contributed by atoms with Gasteiger partial charge >= 0.3 is 12.4 Å². The normalized spacial score (nSPS) is 24.2. The number of hydrogen-bond acceptors (Lipinski definition) is 3. The predicted octanol–water partition coefficient (Wildman–Crippen LogP) is 7.28. The number of aromatic nitrogens is 1. The number of benzene rings is 2. The van der Waals surface area contributed by atoms with Crippen LogP contribution in [-0.2, 0) is 21.9 Å². The smallest absolute Gasteiger partial charge is 0.368 e. The molecule has 0 saturated carbocycles. The van der Waals surface area contributed by atoms with E-state index in [0.717, 1.165) is 5.56 Å². The Morgan fingerprint density at radius 2 is 1.50 bits per heavy atom. The summed E-state index contributed by atoms with van der Waals surface area (Å²) in [6.45, 7) is 1.49. The van der Waals surface area contributed by atoms with Gasteiger partial charge < -0.3 is 9.64 Å². The minimum Gasteiger partial charge on any atom is -0.368 e. The summed E-state index contributed by atoms with van der Waals surface area (Å²) >= 11 is 0. The number of fused-ring (bicyclic) bond motifs is 1. The molecule has 0 radical (unpaired) electrons. The Kier molecular flexibility index (Phi) is 7.37. The number of nitrogens with zero attached hydrogens (tertiary/aromatic N) is 2. The van der Waals surface area contributed by atoms with E-state index in [2.05, 4.69) is 4.98 Å². The van der Waals surface area contributed by atoms with Gasteiger partial charge in [0.25, 0.3) is 0 Å². The van der Waals surface area contributed by atoms with E-state index in [0.29, 0.717) is 24.1 Å². The molecule has 0 aliphatic carbocycles. The van der Waals surface area contributed by atoms with Gasteiger partial charge in [0, 0.05) is 37.3 Å². The van der Waals surface area contributed by atoms with Crippen molar-refractivity contribution in [2.75, 3.05) is 6.54 Å². The molecule has 2 aliphatic heterocycles. The summed E-state index contributed by atoms with van der Waals surface area (Å²) in [5.74, 6) is -1.21. The van der Waals surface area contributed by atoms with Crippen molar-refractivity contribution in [3.8, 4) is 0 Å². The number of ether oxygens (including phenoxy) is 1. The van der Waals surface area contributed by atoms with Crippen molar-refractivity contribution >= 4 is 5.91 Å². The van der Waals surface area contributed by atoms with Crippen LogP contribution >= 0.6 is 0 Å². The van der Waals surface area contributed by atoms with Gasteiger partial charge in [0.2, 0.25) is 5.91 Å². The number of hydrogen-bond donors (Lipinski definition) is 0. The molecule has 3 unspecified atom stereocenters. The molecule has 2 aromatic carbocycles. The Morgan fingerprint density at radius 1 is 0.900 bits per heavy atom. The number of carbonyl (C=O) groups is 1. The predicted molar refractivity (Wildman–Crippen MR) is 131 cm³/mol. The molecule has 212 valence electrons. The highest BCUT2D eigenvalue weighted by atomic mass is 19.4. The average molecular weight is 567 g/mol. The monoisotopic (exact) mass is 566 g/mol. The number of alkyl halides is 6. The molecule has 2 fully saturated rings. The van der Waals surface area contributed by atoms with Gasteiger partial charge in [0.05, 0.1) is 23.3 Å². The largest absolute Gasteiger partial charge is 0.416 e. The average Bonchev–Trinajstić information content (AvgIpc) is 3.26. The molecule has 4 nitrogen and oxygen atoms in total. The summed E-state index contributed by atoms with van der Waals surface area (Å²) in [4.78, 5) is 18.9. The second kappa shape index (κ2) is 10.5. The lowest BCUT2D eigenvalue weighted by atomic mass is 9.79. The zero-order chi connectivity index (χ0) is 28.8. The zero-order valence-electron chi connectivity index (χ0n) is 21.2. The van der Waals surface area contributed by atoms with Crippen molar-refractivity contribution < 1.29 is 40.3 Å². The van der Waals surface area contributed by atoms with E-state index in [1.807, 2.05) is 12.1 Å². The first-order valence-corrected chi connectivity index (χ1v) is 12.7. The molecule has 1 aromatic heterocycles. The fraction of sp³-hybridized carbons (Fsp3) is 0.379. The van der Waals surface area contributed by atoms with Crippen LogP contribution < -0.4 is 0 Å². The SMILES string of the molecule is C[C@@H](OC1CN2C(=O)CC(c3ccncc3)CC2[C@@H]1c1ccc(F)cc1)c1cc(C(F)(F)F)cc(C(F)(F)F)c1. The molecule has 11 heteroatoms. The number of rotatable bonds is 5. The molecule has 0 spiro atoms. The molecule has 1 amide bonds. The Morgan fingerprint density at radius 3 is 2.08 bits per heavy atom. The van der Waals surface area contributed by atoms with Gasteiger partial charge in [0.1, 0.15) is 5.82 Å². The highest BCUT2D eigenvalue weighted by Crippen LogP contribution is 2.46. The van der Waals surface area contributed by atoms with E-state index in [1.165, 1.54) is 19.1 Å². The summed E-state index contributed by atoms with van der Waals surface area (Å²) in [5.41, 5.74) is -1.55. The standard InChI is InChI=1S/C29H25F7N2O2/c1-16(19-10-21(28(31,32)33)14-22(11-19)29(34,35)36)40-25-15-38-24(27(25)18-2-4-23(30)5-3-18)12-20(13-26(38)39)17-6-8-37-9-7-17/h2-11,14,16,20,24-25,27H,12-13,15H2,1H3/t16-,20?,24?,25?,27+/m1/s1. The third-order valence-corrected chi connectivity index (χ3v) is 7.75. The van der Waals surface area contributed by atoms with E-state index < -0.39 is 47.4 Å². The fourth-order valence-electron chi connectivity index (χ4n) is 5.84. The first-order valence-electron chi connectivity index (χ1n) is 12.7. The Hall–Kier alpha value is -3.47. The van der Waals surface area contributed by atoms with Crippen molar-refractivity contribution in [1.82, 2.24) is 9.88 Å². The maximum atomic E-state index is 13.8. The number of amides is 1. The van der Waals surface area contributed by atoms with E-state index in [4.69, 9.17) is 4.74 Å². The lowest BCUT2D eigenvalue weighted by Crippen LogP contribution is -2.43. The molecule has 3 aromatic rings. The summed E-state index contributed by atoms with van der Waals surface area (Å²) in [6.07, 6.45) is -7.84. The van der Waals surface area contributed by atoms with Crippen molar-refractivity contribution in [3.05, 3.63) is 101 Å². The van der Waals surface area contributed by atoms with Crippen LogP contribution in [0.2, 0.25) is 0 Å². The van der Waals surface area contributed by atoms with Gasteiger partial charge in [-0.2, -0.15) is 26.3 Å². The Balaban J connectivity index is 1.49. The van der Waals surface area contributed by atoms with Crippen molar-refractivity contribution in [1.29, 1.82) is 0 Å². The summed E-state index contributed by atoms with van der Waals surface area (Å²) in [5, 5.41) is 0. The van der Waals surface area contributed by atoms with Gasteiger partial charge in [-0.05, 0) is 78.4 Å². The van der Waals surface area contributed by atoms with Crippen LogP contribution in [0.3, 0.4) is 0 Å². The molecule has 2 aliphatic rings. The van der Waals surface area contributed by atoms with Gasteiger partial charge in [-0.25, -0.2) is 4.39 Å². The number of pyridine rings is 1. The van der Waals surface area contributed by atoms with Crippen LogP contribution in [0, 0.1) is 5.82 Å². The molecular formula is C29H25F7N2O2. The molecule has 40 heavy (non-hydrogen) atoms. The molecule has 2 saturated heterocycles. The molecule has 3 heterocycles. The number of carbonyl (C=O) groups excluding carboxylic acids is 1. The van der Waals surface area contributed by atoms with Crippen LogP contribution in [0.15, 0.2) is 67.0 Å². The summed E-state index contributed by atoms with van der Waals surface area (Å²) < 4.78 is 101. The second-order valence-corrected chi connectivity index (χ2v) is 10.3. The highest BCUT2D eigenvalue weighted by molar-refractivity contribution is 5.79. The molecular weight excluding hydrogens is 541 g/mol. The maximum absolute atomic E-state index is 13.8. The third kappa shape index (κ3) is 5.70. The van der Waals surface area contributed by atoms with Crippen molar-refractivity contribution in [3.63, 3.8) is 0 Å². The van der Waals surface area contributed by atoms with E-state index in [9.17, 15) is 35.5 Å². The second-order valence-electron chi connectivity index (χ2n) is 10.3. The molecule has 5 atom stereocenters. The van der Waals surface area contributed by atoms with Gasteiger partial charge in [-0.15, -0.1) is 0 Å². The first-order chi connectivity index (χ1) is 18.8. The van der Waals surface area contributed by atoms with Crippen LogP contribution in [0.5, 0.6) is 0 Å². The van der Waals surface area contributed by atoms with Crippen LogP contribution in [0.1, 0.15) is 65.5 Å². The zero-order valence-corrected chi connectivity index (χ0v) is 21.2. The van der Waals surface area contributed by atoms with Crippen molar-refractivity contribution in [2.45, 2.75) is 62.2 Å². The fourth-order valence-corrected chi connectivity index (χ4v) is 5.84. The molecule has 0 bridgehead atoms. The topological polar surface area (TPSA) is 42.4 Å². The van der Waals surface area contributed by atoms with Crippen molar-refractivity contribution in [2.24, 2.45) is 0 Å². The third-order valence-electron chi connectivity index (χ3n) is 7.75. The molecule has 0 N–H and O–H groups in total. The lowest BCUT2D eigenvalue weighted by molar-refractivity contribution is -0.143. The van der Waals surface area contributed by atoms with Gasteiger partial charge in [-0.3, -0.25) is 9.78 Å². The van der Waals surface area contributed by atoms with Crippen LogP contribution in [0.4, 0.5) is 30.7 Å². The Labute approximate surface area is 225 Å². The van der Waals surface area contributed by atoms with E-state index in [1.54, 1.807) is 29.4 Å². The number of halogens is 7. The van der Waals surface area contributed by atoms with Crippen LogP contribution in [0.25, 0.3) is 0 Å². The highest BCUT2D eigenvalue weighted by Gasteiger charge is 2.49. The minimum absolute atomic E-state index is 0.0747. The van der Waals surface area contributed by atoms with E-state index >= 15 is 0 Å². The van der Waals surface area contributed by atoms with E-state index in [-0.39, 0.29) is 42.5 Å².